The molecule has 1 rings (SSSR count). The first-order valence-corrected chi connectivity index (χ1v) is 5.58. The minimum atomic E-state index is -4.51. The Bertz CT molecular complexity index is 423. The summed E-state index contributed by atoms with van der Waals surface area (Å²) in [5.74, 6) is -1.37. The van der Waals surface area contributed by atoms with Crippen LogP contribution >= 0.6 is 11.6 Å². The molecule has 1 aromatic carbocycles. The maximum Gasteiger partial charge on any atom is 0.406 e. The van der Waals surface area contributed by atoms with E-state index in [9.17, 15) is 23.1 Å². The molecular formula is C11H11ClF3NO2. The van der Waals surface area contributed by atoms with Crippen molar-refractivity contribution in [3.63, 3.8) is 0 Å². The van der Waals surface area contributed by atoms with Gasteiger partial charge in [0.05, 0.1) is 5.56 Å². The van der Waals surface area contributed by atoms with E-state index in [0.717, 1.165) is 0 Å². The molecule has 0 aromatic heterocycles. The molecule has 0 aliphatic carbocycles. The van der Waals surface area contributed by atoms with Gasteiger partial charge in [-0.25, -0.2) is 0 Å². The van der Waals surface area contributed by atoms with Crippen LogP contribution in [0, 0.1) is 0 Å². The molecule has 0 fully saturated rings. The average molecular weight is 282 g/mol. The summed E-state index contributed by atoms with van der Waals surface area (Å²) in [6, 6.07) is 5.43. The Morgan fingerprint density at radius 1 is 1.33 bits per heavy atom. The van der Waals surface area contributed by atoms with Crippen molar-refractivity contribution in [2.75, 3.05) is 19.0 Å². The zero-order chi connectivity index (χ0) is 13.8. The third kappa shape index (κ3) is 4.10. The number of alkyl halides is 4. The van der Waals surface area contributed by atoms with Crippen molar-refractivity contribution in [3.05, 3.63) is 29.8 Å². The highest BCUT2D eigenvalue weighted by atomic mass is 35.5. The topological polar surface area (TPSA) is 40.5 Å². The van der Waals surface area contributed by atoms with Crippen molar-refractivity contribution in [1.29, 1.82) is 0 Å². The molecule has 0 aliphatic rings. The zero-order valence-corrected chi connectivity index (χ0v) is 10.0. The second-order valence-electron chi connectivity index (χ2n) is 3.55. The lowest BCUT2D eigenvalue weighted by atomic mass is 10.1. The van der Waals surface area contributed by atoms with Gasteiger partial charge < -0.3 is 10.0 Å². The molecule has 0 aliphatic heterocycles. The number of hydrogen-bond donors (Lipinski definition) is 1. The normalized spacial score (nSPS) is 11.3. The van der Waals surface area contributed by atoms with Crippen molar-refractivity contribution in [2.24, 2.45) is 0 Å². The minimum Gasteiger partial charge on any atom is -0.507 e. The molecule has 1 amide bonds. The lowest BCUT2D eigenvalue weighted by Crippen LogP contribution is -2.40. The summed E-state index contributed by atoms with van der Waals surface area (Å²) in [5.41, 5.74) is -0.174. The Balaban J connectivity index is 2.93. The third-order valence-corrected chi connectivity index (χ3v) is 2.32. The number of amides is 1. The summed E-state index contributed by atoms with van der Waals surface area (Å²) >= 11 is 5.37. The van der Waals surface area contributed by atoms with Gasteiger partial charge >= 0.3 is 6.18 Å². The molecule has 0 spiro atoms. The number of halogens is 4. The van der Waals surface area contributed by atoms with Crippen molar-refractivity contribution in [2.45, 2.75) is 6.18 Å². The second-order valence-corrected chi connectivity index (χ2v) is 3.93. The summed E-state index contributed by atoms with van der Waals surface area (Å²) < 4.78 is 36.9. The van der Waals surface area contributed by atoms with Crippen LogP contribution in [0.3, 0.4) is 0 Å². The lowest BCUT2D eigenvalue weighted by Gasteiger charge is -2.23. The maximum absolute atomic E-state index is 12.3. The molecule has 0 bridgehead atoms. The molecule has 1 aromatic rings. The predicted molar refractivity (Wildman–Crippen MR) is 60.8 cm³/mol. The maximum atomic E-state index is 12.3. The summed E-state index contributed by atoms with van der Waals surface area (Å²) in [7, 11) is 0. The van der Waals surface area contributed by atoms with Crippen LogP contribution < -0.4 is 0 Å². The van der Waals surface area contributed by atoms with Crippen LogP contribution in [0.15, 0.2) is 24.3 Å². The molecular weight excluding hydrogens is 271 g/mol. The Hall–Kier alpha value is -1.43. The van der Waals surface area contributed by atoms with Crippen LogP contribution in [-0.4, -0.2) is 41.1 Å². The third-order valence-electron chi connectivity index (χ3n) is 2.15. The van der Waals surface area contributed by atoms with Crippen molar-refractivity contribution >= 4 is 17.5 Å². The van der Waals surface area contributed by atoms with Crippen LogP contribution in [0.1, 0.15) is 10.4 Å². The monoisotopic (exact) mass is 281 g/mol. The van der Waals surface area contributed by atoms with E-state index in [-0.39, 0.29) is 23.7 Å². The van der Waals surface area contributed by atoms with Gasteiger partial charge in [0.2, 0.25) is 0 Å². The molecule has 100 valence electrons. The van der Waals surface area contributed by atoms with E-state index in [1.807, 2.05) is 0 Å². The van der Waals surface area contributed by atoms with E-state index in [2.05, 4.69) is 0 Å². The highest BCUT2D eigenvalue weighted by Gasteiger charge is 2.33. The number of para-hydroxylation sites is 1. The summed E-state index contributed by atoms with van der Waals surface area (Å²) in [6.45, 7) is -1.64. The minimum absolute atomic E-state index is 0.116. The van der Waals surface area contributed by atoms with Crippen LogP contribution in [-0.2, 0) is 0 Å². The number of nitrogens with zero attached hydrogens (tertiary/aromatic N) is 1. The Morgan fingerprint density at radius 3 is 2.44 bits per heavy atom. The van der Waals surface area contributed by atoms with E-state index in [1.54, 1.807) is 0 Å². The number of phenolic OH excluding ortho intramolecular Hbond substituents is 1. The summed E-state index contributed by atoms with van der Waals surface area (Å²) in [5, 5.41) is 9.43. The van der Waals surface area contributed by atoms with E-state index in [4.69, 9.17) is 11.6 Å². The first-order chi connectivity index (χ1) is 8.35. The number of carbonyl (C=O) groups excluding carboxylic acids is 1. The fraction of sp³-hybridized carbons (Fsp3) is 0.364. The smallest absolute Gasteiger partial charge is 0.406 e. The largest absolute Gasteiger partial charge is 0.507 e. The molecule has 0 atom stereocenters. The standard InChI is InChI=1S/C11H11ClF3NO2/c12-5-6-16(7-11(13,14)15)10(18)8-3-1-2-4-9(8)17/h1-4,17H,5-7H2. The first kappa shape index (κ1) is 14.6. The molecule has 7 heteroatoms. The van der Waals surface area contributed by atoms with Gasteiger partial charge in [-0.1, -0.05) is 12.1 Å². The molecule has 0 heterocycles. The molecule has 0 saturated heterocycles. The molecule has 0 unspecified atom stereocenters. The van der Waals surface area contributed by atoms with Gasteiger partial charge in [-0.05, 0) is 12.1 Å². The van der Waals surface area contributed by atoms with Crippen molar-refractivity contribution < 1.29 is 23.1 Å². The molecule has 18 heavy (non-hydrogen) atoms. The molecule has 0 radical (unpaired) electrons. The molecule has 3 nitrogen and oxygen atoms in total. The molecule has 1 N–H and O–H groups in total. The lowest BCUT2D eigenvalue weighted by molar-refractivity contribution is -0.140. The van der Waals surface area contributed by atoms with Crippen LogP contribution in [0.5, 0.6) is 5.75 Å². The Morgan fingerprint density at radius 2 is 1.94 bits per heavy atom. The van der Waals surface area contributed by atoms with Crippen molar-refractivity contribution in [1.82, 2.24) is 4.90 Å². The fourth-order valence-corrected chi connectivity index (χ4v) is 1.60. The van der Waals surface area contributed by atoms with Gasteiger partial charge in [0.1, 0.15) is 12.3 Å². The van der Waals surface area contributed by atoms with Gasteiger partial charge in [0.25, 0.3) is 5.91 Å². The highest BCUT2D eigenvalue weighted by molar-refractivity contribution is 6.18. The van der Waals surface area contributed by atoms with E-state index >= 15 is 0 Å². The van der Waals surface area contributed by atoms with Crippen LogP contribution in [0.2, 0.25) is 0 Å². The number of rotatable bonds is 4. The van der Waals surface area contributed by atoms with Gasteiger partial charge in [-0.2, -0.15) is 13.2 Å². The van der Waals surface area contributed by atoms with Gasteiger partial charge in [0.15, 0.2) is 0 Å². The van der Waals surface area contributed by atoms with Crippen LogP contribution in [0.4, 0.5) is 13.2 Å². The molecule has 0 saturated carbocycles. The van der Waals surface area contributed by atoms with Gasteiger partial charge in [0, 0.05) is 12.4 Å². The average Bonchev–Trinajstić information content (AvgIpc) is 2.26. The quantitative estimate of drug-likeness (QED) is 0.862. The second kappa shape index (κ2) is 5.95. The van der Waals surface area contributed by atoms with E-state index in [0.29, 0.717) is 4.90 Å². The number of carbonyl (C=O) groups is 1. The zero-order valence-electron chi connectivity index (χ0n) is 9.25. The summed E-state index contributed by atoms with van der Waals surface area (Å²) in [4.78, 5) is 12.4. The van der Waals surface area contributed by atoms with Gasteiger partial charge in [-0.15, -0.1) is 11.6 Å². The Labute approximate surface area is 107 Å². The van der Waals surface area contributed by atoms with E-state index < -0.39 is 18.6 Å². The van der Waals surface area contributed by atoms with E-state index in [1.165, 1.54) is 24.3 Å². The number of benzene rings is 1. The fourth-order valence-electron chi connectivity index (χ4n) is 1.40. The predicted octanol–water partition coefficient (Wildman–Crippen LogP) is 2.64. The Kier molecular flexibility index (Phi) is 4.84. The number of aromatic hydroxyl groups is 1. The van der Waals surface area contributed by atoms with Crippen LogP contribution in [0.25, 0.3) is 0 Å². The van der Waals surface area contributed by atoms with Gasteiger partial charge in [-0.3, -0.25) is 4.79 Å². The highest BCUT2D eigenvalue weighted by Crippen LogP contribution is 2.21. The SMILES string of the molecule is O=C(c1ccccc1O)N(CCCl)CC(F)(F)F. The number of phenols is 1. The number of hydrogen-bond acceptors (Lipinski definition) is 2. The van der Waals surface area contributed by atoms with Crippen molar-refractivity contribution in [3.8, 4) is 5.75 Å². The summed E-state index contributed by atoms with van der Waals surface area (Å²) in [6.07, 6.45) is -4.51. The first-order valence-electron chi connectivity index (χ1n) is 5.05.